The van der Waals surface area contributed by atoms with Gasteiger partial charge < -0.3 is 10.6 Å². The summed E-state index contributed by atoms with van der Waals surface area (Å²) < 4.78 is 0. The van der Waals surface area contributed by atoms with Gasteiger partial charge in [-0.05, 0) is 45.4 Å². The maximum absolute atomic E-state index is 6.18. The van der Waals surface area contributed by atoms with Gasteiger partial charge in [0.1, 0.15) is 0 Å². The van der Waals surface area contributed by atoms with Crippen LogP contribution >= 0.6 is 11.6 Å². The molecule has 0 saturated heterocycles. The molecule has 2 N–H and O–H groups in total. The van der Waals surface area contributed by atoms with E-state index in [1.807, 2.05) is 24.3 Å². The molecule has 0 aliphatic heterocycles. The molecule has 0 spiro atoms. The van der Waals surface area contributed by atoms with Crippen LogP contribution in [0.25, 0.3) is 0 Å². The highest BCUT2D eigenvalue weighted by molar-refractivity contribution is 6.31. The quantitative estimate of drug-likeness (QED) is 0.599. The Labute approximate surface area is 138 Å². The van der Waals surface area contributed by atoms with Gasteiger partial charge >= 0.3 is 0 Å². The molecular formula is C17H27ClN4. The molecule has 1 aromatic carbocycles. The molecule has 4 nitrogen and oxygen atoms in total. The maximum Gasteiger partial charge on any atom is 0.191 e. The Morgan fingerprint density at radius 3 is 2.73 bits per heavy atom. The van der Waals surface area contributed by atoms with Crippen LogP contribution in [0.2, 0.25) is 5.02 Å². The summed E-state index contributed by atoms with van der Waals surface area (Å²) in [4.78, 5) is 7.08. The summed E-state index contributed by atoms with van der Waals surface area (Å²) in [5.41, 5.74) is 1.05. The van der Waals surface area contributed by atoms with Crippen LogP contribution in [0.1, 0.15) is 32.3 Å². The number of nitrogens with zero attached hydrogens (tertiary/aromatic N) is 2. The number of guanidine groups is 1. The highest BCUT2D eigenvalue weighted by Gasteiger charge is 2.28. The normalized spacial score (nSPS) is 16.7. The molecule has 1 aliphatic rings. The maximum atomic E-state index is 6.18. The second-order valence-corrected chi connectivity index (χ2v) is 6.32. The van der Waals surface area contributed by atoms with E-state index in [1.54, 1.807) is 0 Å². The van der Waals surface area contributed by atoms with E-state index in [0.29, 0.717) is 12.6 Å². The molecule has 1 atom stereocenters. The number of hydrogen-bond donors (Lipinski definition) is 2. The first-order valence-electron chi connectivity index (χ1n) is 8.09. The molecule has 1 aromatic rings. The molecule has 0 aromatic heterocycles. The molecule has 0 bridgehead atoms. The SMILES string of the molecule is CCNC(=NCc1ccccc1Cl)NCC(C)N(C)C1CC1. The van der Waals surface area contributed by atoms with E-state index in [4.69, 9.17) is 11.6 Å². The predicted molar refractivity (Wildman–Crippen MR) is 94.5 cm³/mol. The van der Waals surface area contributed by atoms with Crippen molar-refractivity contribution < 1.29 is 0 Å². The highest BCUT2D eigenvalue weighted by Crippen LogP contribution is 2.26. The van der Waals surface area contributed by atoms with Crippen molar-refractivity contribution in [1.82, 2.24) is 15.5 Å². The third kappa shape index (κ3) is 5.18. The Bertz CT molecular complexity index is 499. The molecule has 122 valence electrons. The number of aliphatic imine (C=N–C) groups is 1. The lowest BCUT2D eigenvalue weighted by atomic mass is 10.2. The Kier molecular flexibility index (Phi) is 6.52. The number of likely N-dealkylation sites (N-methyl/N-ethyl adjacent to an activating group) is 1. The average Bonchev–Trinajstić information content (AvgIpc) is 3.35. The van der Waals surface area contributed by atoms with Crippen LogP contribution in [0.3, 0.4) is 0 Å². The number of hydrogen-bond acceptors (Lipinski definition) is 2. The molecule has 5 heteroatoms. The molecule has 0 amide bonds. The molecule has 0 radical (unpaired) electrons. The predicted octanol–water partition coefficient (Wildman–Crippen LogP) is 2.88. The zero-order valence-corrected chi connectivity index (χ0v) is 14.5. The second-order valence-electron chi connectivity index (χ2n) is 5.91. The van der Waals surface area contributed by atoms with Gasteiger partial charge in [0, 0.05) is 30.2 Å². The van der Waals surface area contributed by atoms with E-state index >= 15 is 0 Å². The van der Waals surface area contributed by atoms with E-state index in [0.717, 1.165) is 35.7 Å². The fourth-order valence-corrected chi connectivity index (χ4v) is 2.56. The Balaban J connectivity index is 1.88. The lowest BCUT2D eigenvalue weighted by Gasteiger charge is -2.25. The number of halogens is 1. The Morgan fingerprint density at radius 2 is 2.09 bits per heavy atom. The van der Waals surface area contributed by atoms with Gasteiger partial charge in [0.05, 0.1) is 6.54 Å². The average molecular weight is 323 g/mol. The minimum absolute atomic E-state index is 0.497. The fourth-order valence-electron chi connectivity index (χ4n) is 2.36. The molecule has 0 heterocycles. The summed E-state index contributed by atoms with van der Waals surface area (Å²) in [6.07, 6.45) is 2.67. The van der Waals surface area contributed by atoms with E-state index < -0.39 is 0 Å². The Hall–Kier alpha value is -1.26. The van der Waals surface area contributed by atoms with Crippen molar-refractivity contribution in [2.45, 2.75) is 45.3 Å². The lowest BCUT2D eigenvalue weighted by Crippen LogP contribution is -2.45. The minimum Gasteiger partial charge on any atom is -0.357 e. The highest BCUT2D eigenvalue weighted by atomic mass is 35.5. The van der Waals surface area contributed by atoms with Crippen LogP contribution < -0.4 is 10.6 Å². The molecule has 22 heavy (non-hydrogen) atoms. The van der Waals surface area contributed by atoms with Gasteiger partial charge in [0.2, 0.25) is 0 Å². The van der Waals surface area contributed by atoms with Gasteiger partial charge in [-0.3, -0.25) is 4.90 Å². The molecule has 2 rings (SSSR count). The van der Waals surface area contributed by atoms with Crippen molar-refractivity contribution in [3.8, 4) is 0 Å². The molecule has 1 aliphatic carbocycles. The van der Waals surface area contributed by atoms with Crippen molar-refractivity contribution in [2.24, 2.45) is 4.99 Å². The minimum atomic E-state index is 0.497. The number of rotatable bonds is 7. The van der Waals surface area contributed by atoms with Gasteiger partial charge in [-0.2, -0.15) is 0 Å². The van der Waals surface area contributed by atoms with E-state index in [1.165, 1.54) is 12.8 Å². The standard InChI is InChI=1S/C17H27ClN4/c1-4-19-17(20-11-13(2)22(3)15-9-10-15)21-12-14-7-5-6-8-16(14)18/h5-8,13,15H,4,9-12H2,1-3H3,(H2,19,20,21). The van der Waals surface area contributed by atoms with Gasteiger partial charge in [-0.1, -0.05) is 29.8 Å². The van der Waals surface area contributed by atoms with E-state index in [-0.39, 0.29) is 0 Å². The van der Waals surface area contributed by atoms with Gasteiger partial charge in [0.25, 0.3) is 0 Å². The van der Waals surface area contributed by atoms with Gasteiger partial charge in [-0.15, -0.1) is 0 Å². The smallest absolute Gasteiger partial charge is 0.191 e. The summed E-state index contributed by atoms with van der Waals surface area (Å²) in [6.45, 7) is 6.65. The summed E-state index contributed by atoms with van der Waals surface area (Å²) >= 11 is 6.18. The number of nitrogens with one attached hydrogen (secondary N) is 2. The molecule has 1 fully saturated rings. The van der Waals surface area contributed by atoms with Crippen molar-refractivity contribution >= 4 is 17.6 Å². The zero-order chi connectivity index (χ0) is 15.9. The van der Waals surface area contributed by atoms with Gasteiger partial charge in [0.15, 0.2) is 5.96 Å². The van der Waals surface area contributed by atoms with Crippen LogP contribution in [-0.2, 0) is 6.54 Å². The third-order valence-electron chi connectivity index (χ3n) is 4.09. The molecule has 1 unspecified atom stereocenters. The van der Waals surface area contributed by atoms with Crippen LogP contribution in [-0.4, -0.2) is 43.1 Å². The lowest BCUT2D eigenvalue weighted by molar-refractivity contribution is 0.247. The van der Waals surface area contributed by atoms with Gasteiger partial charge in [-0.25, -0.2) is 4.99 Å². The monoisotopic (exact) mass is 322 g/mol. The van der Waals surface area contributed by atoms with Crippen molar-refractivity contribution in [3.63, 3.8) is 0 Å². The second kappa shape index (κ2) is 8.39. The number of benzene rings is 1. The molecule has 1 saturated carbocycles. The molecular weight excluding hydrogens is 296 g/mol. The van der Waals surface area contributed by atoms with Crippen molar-refractivity contribution in [2.75, 3.05) is 20.1 Å². The first-order valence-corrected chi connectivity index (χ1v) is 8.47. The summed E-state index contributed by atoms with van der Waals surface area (Å²) in [7, 11) is 2.21. The summed E-state index contributed by atoms with van der Waals surface area (Å²) in [6, 6.07) is 9.12. The summed E-state index contributed by atoms with van der Waals surface area (Å²) in [5, 5.41) is 7.48. The van der Waals surface area contributed by atoms with E-state index in [9.17, 15) is 0 Å². The van der Waals surface area contributed by atoms with E-state index in [2.05, 4.69) is 41.4 Å². The zero-order valence-electron chi connectivity index (χ0n) is 13.8. The topological polar surface area (TPSA) is 39.7 Å². The van der Waals surface area contributed by atoms with Crippen molar-refractivity contribution in [3.05, 3.63) is 34.9 Å². The third-order valence-corrected chi connectivity index (χ3v) is 4.46. The van der Waals surface area contributed by atoms with Crippen LogP contribution in [0, 0.1) is 0 Å². The first-order chi connectivity index (χ1) is 10.6. The van der Waals surface area contributed by atoms with Crippen molar-refractivity contribution in [1.29, 1.82) is 0 Å². The first kappa shape index (κ1) is 17.1. The fraction of sp³-hybridized carbons (Fsp3) is 0.588. The largest absolute Gasteiger partial charge is 0.357 e. The van der Waals surface area contributed by atoms with Crippen LogP contribution in [0.15, 0.2) is 29.3 Å². The Morgan fingerprint density at radius 1 is 1.36 bits per heavy atom. The summed E-state index contributed by atoms with van der Waals surface area (Å²) in [5.74, 6) is 0.846. The van der Waals surface area contributed by atoms with Crippen LogP contribution in [0.5, 0.6) is 0 Å². The van der Waals surface area contributed by atoms with Crippen LogP contribution in [0.4, 0.5) is 0 Å².